The molecule has 1 fully saturated rings. The molecule has 0 unspecified atom stereocenters. The van der Waals surface area contributed by atoms with Crippen molar-refractivity contribution in [2.24, 2.45) is 5.41 Å². The van der Waals surface area contributed by atoms with E-state index in [1.165, 1.54) is 0 Å². The lowest BCUT2D eigenvalue weighted by molar-refractivity contribution is -0.0941. The lowest BCUT2D eigenvalue weighted by Crippen LogP contribution is -2.65. The maximum atomic E-state index is 9.09. The summed E-state index contributed by atoms with van der Waals surface area (Å²) in [5, 5.41) is 18.2. The van der Waals surface area contributed by atoms with E-state index in [9.17, 15) is 0 Å². The molecule has 0 atom stereocenters. The van der Waals surface area contributed by atoms with Crippen LogP contribution in [0.1, 0.15) is 20.8 Å². The molecule has 0 radical (unpaired) electrons. The minimum absolute atomic E-state index is 0.0274. The Labute approximate surface area is 74.0 Å². The zero-order valence-corrected chi connectivity index (χ0v) is 8.17. The van der Waals surface area contributed by atoms with Gasteiger partial charge in [0, 0.05) is 13.1 Å². The fourth-order valence-electron chi connectivity index (χ4n) is 1.62. The zero-order chi connectivity index (χ0) is 9.41. The average molecular weight is 173 g/mol. The van der Waals surface area contributed by atoms with Crippen LogP contribution in [-0.2, 0) is 0 Å². The first-order chi connectivity index (χ1) is 5.43. The highest BCUT2D eigenvalue weighted by Crippen LogP contribution is 2.34. The van der Waals surface area contributed by atoms with Gasteiger partial charge >= 0.3 is 0 Å². The number of aliphatic hydroxyl groups excluding tert-OH is 2. The molecule has 12 heavy (non-hydrogen) atoms. The fourth-order valence-corrected chi connectivity index (χ4v) is 1.62. The minimum atomic E-state index is -0.421. The molecule has 3 nitrogen and oxygen atoms in total. The van der Waals surface area contributed by atoms with Crippen molar-refractivity contribution in [3.05, 3.63) is 0 Å². The van der Waals surface area contributed by atoms with Crippen LogP contribution in [-0.4, -0.2) is 47.0 Å². The molecule has 0 aromatic heterocycles. The number of likely N-dealkylation sites (tertiary alicyclic amines) is 1. The Balaban J connectivity index is 2.50. The molecule has 1 saturated heterocycles. The standard InChI is InChI=1S/C9H19NO2/c1-8(2)4-10(5-8)9(3,6-11)7-12/h11-12H,4-7H2,1-3H3. The molecular formula is C9H19NO2. The molecule has 0 saturated carbocycles. The van der Waals surface area contributed by atoms with Gasteiger partial charge in [-0.1, -0.05) is 13.8 Å². The monoisotopic (exact) mass is 173 g/mol. The molecule has 3 heteroatoms. The van der Waals surface area contributed by atoms with Crippen molar-refractivity contribution in [2.45, 2.75) is 26.3 Å². The summed E-state index contributed by atoms with van der Waals surface area (Å²) >= 11 is 0. The van der Waals surface area contributed by atoms with Gasteiger partial charge in [0.2, 0.25) is 0 Å². The Hall–Kier alpha value is -0.120. The van der Waals surface area contributed by atoms with E-state index >= 15 is 0 Å². The molecule has 0 amide bonds. The number of hydrogen-bond donors (Lipinski definition) is 2. The Bertz CT molecular complexity index is 156. The summed E-state index contributed by atoms with van der Waals surface area (Å²) in [5.41, 5.74) is -0.0683. The van der Waals surface area contributed by atoms with Gasteiger partial charge in [-0.15, -0.1) is 0 Å². The highest BCUT2D eigenvalue weighted by Gasteiger charge is 2.43. The fraction of sp³-hybridized carbons (Fsp3) is 1.00. The van der Waals surface area contributed by atoms with Crippen molar-refractivity contribution in [1.29, 1.82) is 0 Å². The molecular weight excluding hydrogens is 154 g/mol. The van der Waals surface area contributed by atoms with Gasteiger partial charge in [0.25, 0.3) is 0 Å². The molecule has 1 rings (SSSR count). The Morgan fingerprint density at radius 3 is 1.92 bits per heavy atom. The Morgan fingerprint density at radius 1 is 1.25 bits per heavy atom. The predicted molar refractivity (Wildman–Crippen MR) is 47.9 cm³/mol. The van der Waals surface area contributed by atoms with Crippen molar-refractivity contribution in [1.82, 2.24) is 4.90 Å². The van der Waals surface area contributed by atoms with E-state index in [1.54, 1.807) is 0 Å². The summed E-state index contributed by atoms with van der Waals surface area (Å²) in [6.07, 6.45) is 0. The van der Waals surface area contributed by atoms with Gasteiger partial charge in [-0.05, 0) is 12.3 Å². The quantitative estimate of drug-likeness (QED) is 0.635. The molecule has 1 aliphatic heterocycles. The molecule has 0 aromatic rings. The summed E-state index contributed by atoms with van der Waals surface area (Å²) in [7, 11) is 0. The van der Waals surface area contributed by atoms with Crippen molar-refractivity contribution in [3.63, 3.8) is 0 Å². The van der Waals surface area contributed by atoms with Gasteiger partial charge in [0.15, 0.2) is 0 Å². The summed E-state index contributed by atoms with van der Waals surface area (Å²) < 4.78 is 0. The molecule has 2 N–H and O–H groups in total. The molecule has 0 aliphatic carbocycles. The van der Waals surface area contributed by atoms with Crippen LogP contribution in [0.3, 0.4) is 0 Å². The van der Waals surface area contributed by atoms with Crippen LogP contribution in [0.4, 0.5) is 0 Å². The lowest BCUT2D eigenvalue weighted by Gasteiger charge is -2.53. The average Bonchev–Trinajstić information content (AvgIpc) is 1.99. The van der Waals surface area contributed by atoms with Crippen molar-refractivity contribution >= 4 is 0 Å². The van der Waals surface area contributed by atoms with E-state index in [0.717, 1.165) is 13.1 Å². The minimum Gasteiger partial charge on any atom is -0.394 e. The van der Waals surface area contributed by atoms with Crippen LogP contribution in [0, 0.1) is 5.41 Å². The SMILES string of the molecule is CC1(C)CN(C(C)(CO)CO)C1. The maximum absolute atomic E-state index is 9.09. The first-order valence-electron chi connectivity index (χ1n) is 4.40. The van der Waals surface area contributed by atoms with E-state index in [2.05, 4.69) is 18.7 Å². The van der Waals surface area contributed by atoms with E-state index in [1.807, 2.05) is 6.92 Å². The third kappa shape index (κ3) is 1.63. The zero-order valence-electron chi connectivity index (χ0n) is 8.17. The van der Waals surface area contributed by atoms with Crippen molar-refractivity contribution in [2.75, 3.05) is 26.3 Å². The second kappa shape index (κ2) is 2.98. The van der Waals surface area contributed by atoms with Crippen LogP contribution in [0.25, 0.3) is 0 Å². The molecule has 0 spiro atoms. The van der Waals surface area contributed by atoms with E-state index in [4.69, 9.17) is 10.2 Å². The summed E-state index contributed by atoms with van der Waals surface area (Å²) in [6.45, 7) is 8.26. The van der Waals surface area contributed by atoms with Crippen LogP contribution in [0.2, 0.25) is 0 Å². The van der Waals surface area contributed by atoms with Gasteiger partial charge in [-0.3, -0.25) is 4.90 Å². The Kier molecular flexibility index (Phi) is 2.47. The first kappa shape index (κ1) is 9.96. The summed E-state index contributed by atoms with van der Waals surface area (Å²) in [5.74, 6) is 0. The van der Waals surface area contributed by atoms with E-state index in [0.29, 0.717) is 5.41 Å². The van der Waals surface area contributed by atoms with Crippen LogP contribution in [0.15, 0.2) is 0 Å². The highest BCUT2D eigenvalue weighted by atomic mass is 16.3. The molecule has 0 aromatic carbocycles. The maximum Gasteiger partial charge on any atom is 0.0644 e. The smallest absolute Gasteiger partial charge is 0.0644 e. The topological polar surface area (TPSA) is 43.7 Å². The number of nitrogens with zero attached hydrogens (tertiary/aromatic N) is 1. The summed E-state index contributed by atoms with van der Waals surface area (Å²) in [6, 6.07) is 0. The molecule has 1 heterocycles. The molecule has 0 bridgehead atoms. The Morgan fingerprint density at radius 2 is 1.67 bits per heavy atom. The van der Waals surface area contributed by atoms with Gasteiger partial charge in [-0.25, -0.2) is 0 Å². The summed E-state index contributed by atoms with van der Waals surface area (Å²) in [4.78, 5) is 2.13. The van der Waals surface area contributed by atoms with E-state index < -0.39 is 5.54 Å². The largest absolute Gasteiger partial charge is 0.394 e. The number of rotatable bonds is 3. The van der Waals surface area contributed by atoms with Gasteiger partial charge in [0.05, 0.1) is 18.8 Å². The predicted octanol–water partition coefficient (Wildman–Crippen LogP) is 0.0715. The molecule has 72 valence electrons. The van der Waals surface area contributed by atoms with Gasteiger partial charge in [-0.2, -0.15) is 0 Å². The third-order valence-electron chi connectivity index (χ3n) is 2.68. The van der Waals surface area contributed by atoms with Crippen molar-refractivity contribution < 1.29 is 10.2 Å². The van der Waals surface area contributed by atoms with Crippen LogP contribution >= 0.6 is 0 Å². The highest BCUT2D eigenvalue weighted by molar-refractivity contribution is 4.97. The lowest BCUT2D eigenvalue weighted by atomic mass is 9.80. The normalized spacial score (nSPS) is 23.8. The second-order valence-corrected chi connectivity index (χ2v) is 4.83. The van der Waals surface area contributed by atoms with Crippen LogP contribution < -0.4 is 0 Å². The second-order valence-electron chi connectivity index (χ2n) is 4.83. The number of hydrogen-bond acceptors (Lipinski definition) is 3. The van der Waals surface area contributed by atoms with Gasteiger partial charge in [0.1, 0.15) is 0 Å². The van der Waals surface area contributed by atoms with Crippen LogP contribution in [0.5, 0.6) is 0 Å². The van der Waals surface area contributed by atoms with Crippen molar-refractivity contribution in [3.8, 4) is 0 Å². The van der Waals surface area contributed by atoms with E-state index in [-0.39, 0.29) is 13.2 Å². The molecule has 1 aliphatic rings. The third-order valence-corrected chi connectivity index (χ3v) is 2.68. The van der Waals surface area contributed by atoms with Gasteiger partial charge < -0.3 is 10.2 Å². The first-order valence-corrected chi connectivity index (χ1v) is 4.40. The number of aliphatic hydroxyl groups is 2.